The number of thiocarbonyl (C=S) groups is 1. The van der Waals surface area contributed by atoms with Crippen molar-refractivity contribution in [3.8, 4) is 5.75 Å². The van der Waals surface area contributed by atoms with E-state index < -0.39 is 0 Å². The molecule has 0 atom stereocenters. The Kier molecular flexibility index (Phi) is 5.99. The Balaban J connectivity index is 1.82. The number of ether oxygens (including phenoxy) is 1. The zero-order valence-electron chi connectivity index (χ0n) is 12.0. The van der Waals surface area contributed by atoms with Gasteiger partial charge in [-0.05, 0) is 65.1 Å². The summed E-state index contributed by atoms with van der Waals surface area (Å²) in [7, 11) is 0. The number of carbonyl (C=O) groups excluding carboxylic acids is 1. The second kappa shape index (κ2) is 7.75. The summed E-state index contributed by atoms with van der Waals surface area (Å²) in [6.07, 6.45) is 3.22. The average Bonchev–Trinajstić information content (AvgIpc) is 3.00. The maximum Gasteiger partial charge on any atom is 0.264 e. The average molecular weight is 371 g/mol. The Morgan fingerprint density at radius 1 is 1.43 bits per heavy atom. The van der Waals surface area contributed by atoms with E-state index in [1.807, 2.05) is 23.1 Å². The van der Waals surface area contributed by atoms with Crippen LogP contribution in [0.15, 0.2) is 22.7 Å². The third kappa shape index (κ3) is 4.68. The topological polar surface area (TPSA) is 41.6 Å². The van der Waals surface area contributed by atoms with Crippen LogP contribution >= 0.6 is 28.1 Å². The zero-order valence-corrected chi connectivity index (χ0v) is 14.4. The van der Waals surface area contributed by atoms with E-state index in [0.717, 1.165) is 36.8 Å². The van der Waals surface area contributed by atoms with Crippen molar-refractivity contribution < 1.29 is 9.53 Å². The zero-order chi connectivity index (χ0) is 15.2. The van der Waals surface area contributed by atoms with Gasteiger partial charge in [-0.2, -0.15) is 0 Å². The number of nitrogens with zero attached hydrogens (tertiary/aromatic N) is 1. The smallest absolute Gasteiger partial charge is 0.264 e. The summed E-state index contributed by atoms with van der Waals surface area (Å²) in [6.45, 7) is 3.89. The van der Waals surface area contributed by atoms with Gasteiger partial charge in [-0.15, -0.1) is 0 Å². The molecule has 21 heavy (non-hydrogen) atoms. The second-order valence-electron chi connectivity index (χ2n) is 4.95. The first-order valence-corrected chi connectivity index (χ1v) is 8.30. The Hall–Kier alpha value is -1.14. The lowest BCUT2D eigenvalue weighted by molar-refractivity contribution is -0.121. The van der Waals surface area contributed by atoms with E-state index in [4.69, 9.17) is 17.0 Å². The summed E-state index contributed by atoms with van der Waals surface area (Å²) < 4.78 is 6.38. The van der Waals surface area contributed by atoms with Crippen LogP contribution in [0.5, 0.6) is 5.75 Å². The molecule has 0 bridgehead atoms. The molecule has 2 rings (SSSR count). The monoisotopic (exact) mass is 370 g/mol. The maximum atomic E-state index is 11.9. The van der Waals surface area contributed by atoms with Gasteiger partial charge in [0.1, 0.15) is 5.75 Å². The molecule has 1 heterocycles. The van der Waals surface area contributed by atoms with Gasteiger partial charge in [0.15, 0.2) is 11.7 Å². The van der Waals surface area contributed by atoms with Gasteiger partial charge in [0.2, 0.25) is 0 Å². The van der Waals surface area contributed by atoms with Crippen molar-refractivity contribution in [2.24, 2.45) is 0 Å². The molecule has 1 fully saturated rings. The van der Waals surface area contributed by atoms with Crippen LogP contribution in [0.1, 0.15) is 25.3 Å². The van der Waals surface area contributed by atoms with E-state index in [0.29, 0.717) is 10.9 Å². The minimum Gasteiger partial charge on any atom is -0.483 e. The molecule has 0 aliphatic carbocycles. The number of carbonyl (C=O) groups is 1. The Morgan fingerprint density at radius 2 is 2.14 bits per heavy atom. The standard InChI is InChI=1S/C15H19BrN2O2S/c1-2-11-5-6-13(12(16)9-11)20-10-14(19)17-15(21)18-7-3-4-8-18/h5-6,9H,2-4,7-8,10H2,1H3,(H,17,19,21). The van der Waals surface area contributed by atoms with E-state index >= 15 is 0 Å². The summed E-state index contributed by atoms with van der Waals surface area (Å²) in [4.78, 5) is 13.9. The van der Waals surface area contributed by atoms with Crippen LogP contribution in [0.3, 0.4) is 0 Å². The third-order valence-electron chi connectivity index (χ3n) is 3.40. The molecule has 1 aromatic carbocycles. The third-order valence-corrected chi connectivity index (χ3v) is 4.38. The van der Waals surface area contributed by atoms with Crippen LogP contribution in [-0.4, -0.2) is 35.6 Å². The Morgan fingerprint density at radius 3 is 2.76 bits per heavy atom. The minimum atomic E-state index is -0.224. The van der Waals surface area contributed by atoms with Crippen LogP contribution in [0.4, 0.5) is 0 Å². The van der Waals surface area contributed by atoms with Crippen molar-refractivity contribution in [2.45, 2.75) is 26.2 Å². The maximum absolute atomic E-state index is 11.9. The predicted molar refractivity (Wildman–Crippen MR) is 90.6 cm³/mol. The largest absolute Gasteiger partial charge is 0.483 e. The number of halogens is 1. The number of likely N-dealkylation sites (tertiary alicyclic amines) is 1. The molecule has 0 aromatic heterocycles. The molecule has 114 valence electrons. The number of benzene rings is 1. The van der Waals surface area contributed by atoms with Gasteiger partial charge in [0.05, 0.1) is 4.47 Å². The number of hydrogen-bond acceptors (Lipinski definition) is 3. The molecule has 1 aliphatic heterocycles. The van der Waals surface area contributed by atoms with Crippen molar-refractivity contribution in [1.82, 2.24) is 10.2 Å². The number of amides is 1. The van der Waals surface area contributed by atoms with Crippen molar-refractivity contribution in [3.63, 3.8) is 0 Å². The van der Waals surface area contributed by atoms with Crippen molar-refractivity contribution in [3.05, 3.63) is 28.2 Å². The van der Waals surface area contributed by atoms with Gasteiger partial charge in [-0.1, -0.05) is 13.0 Å². The van der Waals surface area contributed by atoms with Crippen molar-refractivity contribution in [1.29, 1.82) is 0 Å². The van der Waals surface area contributed by atoms with Crippen molar-refractivity contribution in [2.75, 3.05) is 19.7 Å². The van der Waals surface area contributed by atoms with E-state index in [1.165, 1.54) is 5.56 Å². The molecule has 1 amide bonds. The normalized spacial score (nSPS) is 14.1. The SMILES string of the molecule is CCc1ccc(OCC(=O)NC(=S)N2CCCC2)c(Br)c1. The lowest BCUT2D eigenvalue weighted by Crippen LogP contribution is -2.42. The van der Waals surface area contributed by atoms with E-state index in [9.17, 15) is 4.79 Å². The summed E-state index contributed by atoms with van der Waals surface area (Å²) in [5, 5.41) is 3.21. The van der Waals surface area contributed by atoms with Crippen LogP contribution in [0.2, 0.25) is 0 Å². The Labute approximate surface area is 139 Å². The fourth-order valence-electron chi connectivity index (χ4n) is 2.18. The van der Waals surface area contributed by atoms with Gasteiger partial charge < -0.3 is 15.0 Å². The van der Waals surface area contributed by atoms with Gasteiger partial charge in [0, 0.05) is 13.1 Å². The van der Waals surface area contributed by atoms with Gasteiger partial charge in [-0.25, -0.2) is 0 Å². The van der Waals surface area contributed by atoms with Crippen molar-refractivity contribution >= 4 is 39.2 Å². The second-order valence-corrected chi connectivity index (χ2v) is 6.20. The van der Waals surface area contributed by atoms with Gasteiger partial charge in [-0.3, -0.25) is 4.79 Å². The number of hydrogen-bond donors (Lipinski definition) is 1. The molecule has 1 saturated heterocycles. The van der Waals surface area contributed by atoms with Crippen LogP contribution in [-0.2, 0) is 11.2 Å². The first-order chi connectivity index (χ1) is 10.1. The predicted octanol–water partition coefficient (Wildman–Crippen LogP) is 2.89. The molecular formula is C15H19BrN2O2S. The summed E-state index contributed by atoms with van der Waals surface area (Å²) >= 11 is 8.66. The number of nitrogens with one attached hydrogen (secondary N) is 1. The highest BCUT2D eigenvalue weighted by molar-refractivity contribution is 9.10. The molecule has 0 radical (unpaired) electrons. The van der Waals surface area contributed by atoms with E-state index in [2.05, 4.69) is 28.2 Å². The molecule has 0 saturated carbocycles. The fourth-order valence-corrected chi connectivity index (χ4v) is 3.02. The summed E-state index contributed by atoms with van der Waals surface area (Å²) in [5.74, 6) is 0.438. The molecule has 0 unspecified atom stereocenters. The first kappa shape index (κ1) is 16.2. The lowest BCUT2D eigenvalue weighted by atomic mass is 10.2. The highest BCUT2D eigenvalue weighted by Crippen LogP contribution is 2.26. The summed E-state index contributed by atoms with van der Waals surface area (Å²) in [5.41, 5.74) is 1.22. The molecule has 1 aliphatic rings. The van der Waals surface area contributed by atoms with Crippen LogP contribution in [0.25, 0.3) is 0 Å². The molecule has 6 heteroatoms. The highest BCUT2D eigenvalue weighted by atomic mass is 79.9. The van der Waals surface area contributed by atoms with E-state index in [-0.39, 0.29) is 12.5 Å². The number of rotatable bonds is 4. The molecule has 1 N–H and O–H groups in total. The fraction of sp³-hybridized carbons (Fsp3) is 0.467. The van der Waals surface area contributed by atoms with E-state index in [1.54, 1.807) is 0 Å². The number of aryl methyl sites for hydroxylation is 1. The van der Waals surface area contributed by atoms with Crippen LogP contribution < -0.4 is 10.1 Å². The lowest BCUT2D eigenvalue weighted by Gasteiger charge is -2.18. The molecule has 4 nitrogen and oxygen atoms in total. The highest BCUT2D eigenvalue weighted by Gasteiger charge is 2.16. The van der Waals surface area contributed by atoms with Gasteiger partial charge in [0.25, 0.3) is 5.91 Å². The minimum absolute atomic E-state index is 0.0436. The van der Waals surface area contributed by atoms with Gasteiger partial charge >= 0.3 is 0 Å². The van der Waals surface area contributed by atoms with Crippen LogP contribution in [0, 0.1) is 0 Å². The molecular weight excluding hydrogens is 352 g/mol. The Bertz CT molecular complexity index is 530. The molecule has 0 spiro atoms. The molecule has 1 aromatic rings. The quantitative estimate of drug-likeness (QED) is 0.827. The summed E-state index contributed by atoms with van der Waals surface area (Å²) in [6, 6.07) is 5.87. The first-order valence-electron chi connectivity index (χ1n) is 7.10.